The SMILES string of the molecule is O=C1C(=O)N(c2nc3ccc(Cl)cc3s2)C(c2ccc(O)cc2)C1=C(O)c1ccccc1. The third-order valence-corrected chi connectivity index (χ3v) is 6.50. The summed E-state index contributed by atoms with van der Waals surface area (Å²) in [6, 6.07) is 19.0. The largest absolute Gasteiger partial charge is 0.508 e. The zero-order chi connectivity index (χ0) is 22.4. The molecule has 0 bridgehead atoms. The second-order valence-electron chi connectivity index (χ2n) is 7.24. The first-order valence-electron chi connectivity index (χ1n) is 9.65. The Kier molecular flexibility index (Phi) is 4.92. The molecule has 1 aromatic heterocycles. The van der Waals surface area contributed by atoms with Crippen molar-refractivity contribution in [1.29, 1.82) is 0 Å². The van der Waals surface area contributed by atoms with E-state index in [0.29, 0.717) is 26.8 Å². The summed E-state index contributed by atoms with van der Waals surface area (Å²) in [5, 5.41) is 21.6. The highest BCUT2D eigenvalue weighted by molar-refractivity contribution is 7.22. The first-order chi connectivity index (χ1) is 15.4. The Morgan fingerprint density at radius 2 is 1.72 bits per heavy atom. The van der Waals surface area contributed by atoms with Crippen molar-refractivity contribution in [3.63, 3.8) is 0 Å². The number of anilines is 1. The number of aliphatic hydroxyl groups excluding tert-OH is 1. The minimum Gasteiger partial charge on any atom is -0.508 e. The number of aromatic hydroxyl groups is 1. The number of Topliss-reactive ketones (excluding diaryl/α,β-unsaturated/α-hetero) is 1. The van der Waals surface area contributed by atoms with Gasteiger partial charge in [-0.15, -0.1) is 0 Å². The number of amides is 1. The smallest absolute Gasteiger partial charge is 0.301 e. The van der Waals surface area contributed by atoms with Gasteiger partial charge in [-0.05, 0) is 35.9 Å². The van der Waals surface area contributed by atoms with Gasteiger partial charge in [0.2, 0.25) is 0 Å². The van der Waals surface area contributed by atoms with Crippen LogP contribution in [0.2, 0.25) is 5.02 Å². The highest BCUT2D eigenvalue weighted by atomic mass is 35.5. The van der Waals surface area contributed by atoms with Crippen LogP contribution in [0.5, 0.6) is 5.75 Å². The summed E-state index contributed by atoms with van der Waals surface area (Å²) in [7, 11) is 0. The molecule has 158 valence electrons. The van der Waals surface area contributed by atoms with Crippen LogP contribution in [-0.4, -0.2) is 26.9 Å². The van der Waals surface area contributed by atoms with Crippen molar-refractivity contribution in [3.05, 3.63) is 94.5 Å². The van der Waals surface area contributed by atoms with Crippen molar-refractivity contribution in [2.45, 2.75) is 6.04 Å². The summed E-state index contributed by atoms with van der Waals surface area (Å²) in [5.74, 6) is -1.82. The number of fused-ring (bicyclic) bond motifs is 1. The van der Waals surface area contributed by atoms with Crippen molar-refractivity contribution in [2.24, 2.45) is 0 Å². The average Bonchev–Trinajstić information content (AvgIpc) is 3.32. The average molecular weight is 463 g/mol. The molecule has 3 aromatic carbocycles. The maximum absolute atomic E-state index is 13.2. The lowest BCUT2D eigenvalue weighted by atomic mass is 9.95. The molecule has 0 spiro atoms. The molecule has 0 saturated carbocycles. The lowest BCUT2D eigenvalue weighted by Gasteiger charge is -2.23. The summed E-state index contributed by atoms with van der Waals surface area (Å²) in [5.41, 5.74) is 1.58. The topological polar surface area (TPSA) is 90.7 Å². The predicted molar refractivity (Wildman–Crippen MR) is 124 cm³/mol. The number of halogens is 1. The number of nitrogens with zero attached hydrogens (tertiary/aromatic N) is 2. The van der Waals surface area contributed by atoms with Crippen LogP contribution >= 0.6 is 22.9 Å². The van der Waals surface area contributed by atoms with Gasteiger partial charge in [0.1, 0.15) is 11.5 Å². The number of rotatable bonds is 3. The summed E-state index contributed by atoms with van der Waals surface area (Å²) < 4.78 is 0.766. The summed E-state index contributed by atoms with van der Waals surface area (Å²) >= 11 is 7.32. The number of benzene rings is 3. The number of carbonyl (C=O) groups is 2. The van der Waals surface area contributed by atoms with Gasteiger partial charge in [0.05, 0.1) is 21.8 Å². The minimum absolute atomic E-state index is 0.0378. The molecule has 4 aromatic rings. The van der Waals surface area contributed by atoms with Crippen LogP contribution in [0, 0.1) is 0 Å². The normalized spacial score (nSPS) is 17.9. The number of thiazole rings is 1. The molecule has 1 aliphatic rings. The van der Waals surface area contributed by atoms with Crippen LogP contribution in [0.25, 0.3) is 16.0 Å². The number of hydrogen-bond donors (Lipinski definition) is 2. The molecule has 1 atom stereocenters. The number of phenols is 1. The van der Waals surface area contributed by atoms with E-state index in [9.17, 15) is 19.8 Å². The van der Waals surface area contributed by atoms with Crippen LogP contribution in [-0.2, 0) is 9.59 Å². The van der Waals surface area contributed by atoms with Crippen molar-refractivity contribution in [2.75, 3.05) is 4.90 Å². The molecule has 1 aliphatic heterocycles. The molecule has 2 heterocycles. The van der Waals surface area contributed by atoms with Crippen molar-refractivity contribution < 1.29 is 19.8 Å². The summed E-state index contributed by atoms with van der Waals surface area (Å²) in [4.78, 5) is 32.1. The van der Waals surface area contributed by atoms with Crippen molar-refractivity contribution >= 4 is 55.7 Å². The summed E-state index contributed by atoms with van der Waals surface area (Å²) in [6.45, 7) is 0. The Morgan fingerprint density at radius 1 is 1.00 bits per heavy atom. The fourth-order valence-electron chi connectivity index (χ4n) is 3.74. The third kappa shape index (κ3) is 3.32. The summed E-state index contributed by atoms with van der Waals surface area (Å²) in [6.07, 6.45) is 0. The van der Waals surface area contributed by atoms with E-state index in [1.165, 1.54) is 28.4 Å². The molecule has 8 heteroatoms. The predicted octanol–water partition coefficient (Wildman–Crippen LogP) is 5.28. The second kappa shape index (κ2) is 7.78. The molecule has 1 saturated heterocycles. The lowest BCUT2D eigenvalue weighted by Crippen LogP contribution is -2.29. The van der Waals surface area contributed by atoms with E-state index in [4.69, 9.17) is 11.6 Å². The fraction of sp³-hybridized carbons (Fsp3) is 0.0417. The molecular weight excluding hydrogens is 448 g/mol. The quantitative estimate of drug-likeness (QED) is 0.245. The molecule has 0 radical (unpaired) electrons. The second-order valence-corrected chi connectivity index (χ2v) is 8.68. The lowest BCUT2D eigenvalue weighted by molar-refractivity contribution is -0.132. The molecule has 5 rings (SSSR count). The number of carbonyl (C=O) groups excluding carboxylic acids is 2. The Hall–Kier alpha value is -3.68. The molecule has 0 aliphatic carbocycles. The Morgan fingerprint density at radius 3 is 2.44 bits per heavy atom. The van der Waals surface area contributed by atoms with Gasteiger partial charge in [-0.25, -0.2) is 4.98 Å². The third-order valence-electron chi connectivity index (χ3n) is 5.25. The highest BCUT2D eigenvalue weighted by Gasteiger charge is 2.48. The monoisotopic (exact) mass is 462 g/mol. The first kappa shape index (κ1) is 20.2. The fourth-order valence-corrected chi connectivity index (χ4v) is 5.01. The molecule has 32 heavy (non-hydrogen) atoms. The highest BCUT2D eigenvalue weighted by Crippen LogP contribution is 2.44. The van der Waals surface area contributed by atoms with E-state index in [1.807, 2.05) is 0 Å². The van der Waals surface area contributed by atoms with Crippen LogP contribution in [0.1, 0.15) is 17.2 Å². The van der Waals surface area contributed by atoms with Gasteiger partial charge < -0.3 is 10.2 Å². The molecule has 2 N–H and O–H groups in total. The van der Waals surface area contributed by atoms with E-state index in [1.54, 1.807) is 60.7 Å². The molecule has 1 unspecified atom stereocenters. The van der Waals surface area contributed by atoms with Gasteiger partial charge in [0.25, 0.3) is 5.78 Å². The zero-order valence-electron chi connectivity index (χ0n) is 16.4. The van der Waals surface area contributed by atoms with Gasteiger partial charge in [0, 0.05) is 10.6 Å². The zero-order valence-corrected chi connectivity index (χ0v) is 18.0. The van der Waals surface area contributed by atoms with Crippen LogP contribution in [0.4, 0.5) is 5.13 Å². The number of phenolic OH excluding ortho intramolecular Hbond substituents is 1. The van der Waals surface area contributed by atoms with Crippen LogP contribution in [0.15, 0.2) is 78.4 Å². The Balaban J connectivity index is 1.73. The number of aromatic nitrogens is 1. The van der Waals surface area contributed by atoms with Gasteiger partial charge in [-0.1, -0.05) is 65.4 Å². The van der Waals surface area contributed by atoms with Gasteiger partial charge >= 0.3 is 5.91 Å². The van der Waals surface area contributed by atoms with E-state index >= 15 is 0 Å². The molecule has 1 amide bonds. The minimum atomic E-state index is -0.910. The maximum Gasteiger partial charge on any atom is 0.301 e. The molecule has 1 fully saturated rings. The molecular formula is C24H15ClN2O4S. The van der Waals surface area contributed by atoms with E-state index < -0.39 is 17.7 Å². The van der Waals surface area contributed by atoms with E-state index in [0.717, 1.165) is 4.70 Å². The van der Waals surface area contributed by atoms with E-state index in [2.05, 4.69) is 4.98 Å². The van der Waals surface area contributed by atoms with Crippen molar-refractivity contribution in [1.82, 2.24) is 4.98 Å². The van der Waals surface area contributed by atoms with Gasteiger partial charge in [0.15, 0.2) is 5.13 Å². The van der Waals surface area contributed by atoms with Crippen molar-refractivity contribution in [3.8, 4) is 5.75 Å². The molecule has 6 nitrogen and oxygen atoms in total. The van der Waals surface area contributed by atoms with Gasteiger partial charge in [-0.2, -0.15) is 0 Å². The number of aliphatic hydroxyl groups is 1. The number of ketones is 1. The van der Waals surface area contributed by atoms with E-state index in [-0.39, 0.29) is 17.1 Å². The Labute approximate surface area is 191 Å². The number of hydrogen-bond acceptors (Lipinski definition) is 6. The van der Waals surface area contributed by atoms with Crippen LogP contribution in [0.3, 0.4) is 0 Å². The maximum atomic E-state index is 13.2. The Bertz CT molecular complexity index is 1400. The van der Waals surface area contributed by atoms with Gasteiger partial charge in [-0.3, -0.25) is 14.5 Å². The first-order valence-corrected chi connectivity index (χ1v) is 10.8. The standard InChI is InChI=1S/C24H15ClN2O4S/c25-15-8-11-17-18(12-15)32-24(26-17)27-20(13-6-9-16(28)10-7-13)19(22(30)23(27)31)21(29)14-4-2-1-3-5-14/h1-12,20,28-29H. The van der Waals surface area contributed by atoms with Crippen LogP contribution < -0.4 is 4.90 Å².